The Kier molecular flexibility index (Phi) is 4.79. The lowest BCUT2D eigenvalue weighted by Gasteiger charge is -2.34. The van der Waals surface area contributed by atoms with Crippen LogP contribution in [-0.4, -0.2) is 53.1 Å². The van der Waals surface area contributed by atoms with Gasteiger partial charge in [0.15, 0.2) is 0 Å². The van der Waals surface area contributed by atoms with Gasteiger partial charge in [-0.15, -0.1) is 0 Å². The number of benzene rings is 1. The number of nitrogens with zero attached hydrogens (tertiary/aromatic N) is 2. The van der Waals surface area contributed by atoms with Crippen LogP contribution in [0.25, 0.3) is 0 Å². The zero-order valence-corrected chi connectivity index (χ0v) is 13.4. The SMILES string of the molecule is CC1CCN(Cc2ccc(C(=O)N3CCCC3)cc2)CC1O. The predicted molar refractivity (Wildman–Crippen MR) is 86.6 cm³/mol. The van der Waals surface area contributed by atoms with Gasteiger partial charge in [0.1, 0.15) is 0 Å². The van der Waals surface area contributed by atoms with E-state index in [1.165, 1.54) is 5.56 Å². The highest BCUT2D eigenvalue weighted by molar-refractivity contribution is 5.94. The second-order valence-electron chi connectivity index (χ2n) is 6.76. The molecule has 0 aromatic heterocycles. The number of piperidine rings is 1. The molecule has 4 nitrogen and oxygen atoms in total. The molecule has 4 heteroatoms. The van der Waals surface area contributed by atoms with Gasteiger partial charge < -0.3 is 10.0 Å². The van der Waals surface area contributed by atoms with Crippen molar-refractivity contribution in [1.29, 1.82) is 0 Å². The summed E-state index contributed by atoms with van der Waals surface area (Å²) in [4.78, 5) is 16.5. The van der Waals surface area contributed by atoms with Crippen molar-refractivity contribution in [1.82, 2.24) is 9.80 Å². The summed E-state index contributed by atoms with van der Waals surface area (Å²) in [6, 6.07) is 7.99. The highest BCUT2D eigenvalue weighted by Gasteiger charge is 2.24. The summed E-state index contributed by atoms with van der Waals surface area (Å²) in [5.74, 6) is 0.558. The third kappa shape index (κ3) is 3.50. The third-order valence-electron chi connectivity index (χ3n) is 5.00. The topological polar surface area (TPSA) is 43.8 Å². The van der Waals surface area contributed by atoms with E-state index in [4.69, 9.17) is 0 Å². The highest BCUT2D eigenvalue weighted by atomic mass is 16.3. The van der Waals surface area contributed by atoms with Gasteiger partial charge >= 0.3 is 0 Å². The molecule has 0 bridgehead atoms. The summed E-state index contributed by atoms with van der Waals surface area (Å²) in [7, 11) is 0. The van der Waals surface area contributed by atoms with Gasteiger partial charge in [0.05, 0.1) is 6.10 Å². The smallest absolute Gasteiger partial charge is 0.253 e. The molecule has 1 aromatic rings. The van der Waals surface area contributed by atoms with Gasteiger partial charge in [-0.2, -0.15) is 0 Å². The van der Waals surface area contributed by atoms with E-state index in [0.29, 0.717) is 5.92 Å². The van der Waals surface area contributed by atoms with Gasteiger partial charge in [-0.25, -0.2) is 0 Å². The fourth-order valence-electron chi connectivity index (χ4n) is 3.37. The van der Waals surface area contributed by atoms with E-state index in [-0.39, 0.29) is 12.0 Å². The van der Waals surface area contributed by atoms with Crippen LogP contribution < -0.4 is 0 Å². The first-order chi connectivity index (χ1) is 10.6. The van der Waals surface area contributed by atoms with Crippen LogP contribution >= 0.6 is 0 Å². The van der Waals surface area contributed by atoms with Crippen LogP contribution in [0.2, 0.25) is 0 Å². The van der Waals surface area contributed by atoms with Crippen LogP contribution in [0.3, 0.4) is 0 Å². The van der Waals surface area contributed by atoms with Crippen LogP contribution in [0.15, 0.2) is 24.3 Å². The number of rotatable bonds is 3. The number of carbonyl (C=O) groups excluding carboxylic acids is 1. The molecule has 1 aromatic carbocycles. The first-order valence-electron chi connectivity index (χ1n) is 8.42. The number of carbonyl (C=O) groups is 1. The molecule has 2 aliphatic rings. The molecule has 2 atom stereocenters. The number of likely N-dealkylation sites (tertiary alicyclic amines) is 2. The molecule has 0 spiro atoms. The van der Waals surface area contributed by atoms with Crippen LogP contribution in [-0.2, 0) is 6.54 Å². The second-order valence-corrected chi connectivity index (χ2v) is 6.76. The second kappa shape index (κ2) is 6.80. The Morgan fingerprint density at radius 1 is 1.18 bits per heavy atom. The minimum atomic E-state index is -0.218. The van der Waals surface area contributed by atoms with Crippen molar-refractivity contribution in [3.63, 3.8) is 0 Å². The maximum absolute atomic E-state index is 12.3. The lowest BCUT2D eigenvalue weighted by molar-refractivity contribution is 0.0259. The van der Waals surface area contributed by atoms with Gasteiger partial charge in [-0.05, 0) is 49.4 Å². The molecule has 3 rings (SSSR count). The third-order valence-corrected chi connectivity index (χ3v) is 5.00. The van der Waals surface area contributed by atoms with E-state index in [0.717, 1.165) is 57.5 Å². The molecular weight excluding hydrogens is 276 g/mol. The fourth-order valence-corrected chi connectivity index (χ4v) is 3.37. The summed E-state index contributed by atoms with van der Waals surface area (Å²) >= 11 is 0. The molecule has 0 aliphatic carbocycles. The number of aliphatic hydroxyl groups is 1. The van der Waals surface area contributed by atoms with Gasteiger partial charge in [0.2, 0.25) is 0 Å². The molecule has 2 saturated heterocycles. The molecule has 2 unspecified atom stereocenters. The van der Waals surface area contributed by atoms with Crippen LogP contribution in [0, 0.1) is 5.92 Å². The maximum atomic E-state index is 12.3. The zero-order valence-electron chi connectivity index (χ0n) is 13.4. The predicted octanol–water partition coefficient (Wildman–Crippen LogP) is 2.13. The van der Waals surface area contributed by atoms with Crippen molar-refractivity contribution >= 4 is 5.91 Å². The molecule has 120 valence electrons. The molecule has 2 aliphatic heterocycles. The van der Waals surface area contributed by atoms with Crippen molar-refractivity contribution < 1.29 is 9.90 Å². The Bertz CT molecular complexity index is 508. The molecule has 1 N–H and O–H groups in total. The molecule has 2 fully saturated rings. The monoisotopic (exact) mass is 302 g/mol. The Morgan fingerprint density at radius 3 is 2.50 bits per heavy atom. The van der Waals surface area contributed by atoms with E-state index in [2.05, 4.69) is 11.8 Å². The molecule has 0 saturated carbocycles. The first kappa shape index (κ1) is 15.5. The minimum Gasteiger partial charge on any atom is -0.392 e. The van der Waals surface area contributed by atoms with E-state index in [1.807, 2.05) is 29.2 Å². The molecule has 2 heterocycles. The van der Waals surface area contributed by atoms with Crippen LogP contribution in [0.1, 0.15) is 42.1 Å². The maximum Gasteiger partial charge on any atom is 0.253 e. The largest absolute Gasteiger partial charge is 0.392 e. The van der Waals surface area contributed by atoms with Gasteiger partial charge in [0, 0.05) is 31.7 Å². The number of hydrogen-bond donors (Lipinski definition) is 1. The number of hydrogen-bond acceptors (Lipinski definition) is 3. The lowest BCUT2D eigenvalue weighted by Crippen LogP contribution is -2.42. The van der Waals surface area contributed by atoms with Crippen molar-refractivity contribution in [2.75, 3.05) is 26.2 Å². The summed E-state index contributed by atoms with van der Waals surface area (Å²) in [5.41, 5.74) is 2.00. The quantitative estimate of drug-likeness (QED) is 0.930. The van der Waals surface area contributed by atoms with Gasteiger partial charge in [-0.1, -0.05) is 19.1 Å². The van der Waals surface area contributed by atoms with E-state index in [9.17, 15) is 9.90 Å². The van der Waals surface area contributed by atoms with E-state index < -0.39 is 0 Å². The molecular formula is C18H26N2O2. The van der Waals surface area contributed by atoms with Crippen LogP contribution in [0.5, 0.6) is 0 Å². The minimum absolute atomic E-state index is 0.159. The summed E-state index contributed by atoms with van der Waals surface area (Å²) in [6.07, 6.45) is 3.08. The number of amides is 1. The molecule has 22 heavy (non-hydrogen) atoms. The average molecular weight is 302 g/mol. The number of aliphatic hydroxyl groups excluding tert-OH is 1. The molecule has 1 amide bonds. The fraction of sp³-hybridized carbons (Fsp3) is 0.611. The Balaban J connectivity index is 1.58. The van der Waals surface area contributed by atoms with Crippen molar-refractivity contribution in [3.8, 4) is 0 Å². The first-order valence-corrected chi connectivity index (χ1v) is 8.42. The normalized spacial score (nSPS) is 26.4. The van der Waals surface area contributed by atoms with Crippen LogP contribution in [0.4, 0.5) is 0 Å². The Hall–Kier alpha value is -1.39. The summed E-state index contributed by atoms with van der Waals surface area (Å²) < 4.78 is 0. The van der Waals surface area contributed by atoms with Crippen molar-refractivity contribution in [3.05, 3.63) is 35.4 Å². The van der Waals surface area contributed by atoms with E-state index >= 15 is 0 Å². The Morgan fingerprint density at radius 2 is 1.86 bits per heavy atom. The zero-order chi connectivity index (χ0) is 15.5. The highest BCUT2D eigenvalue weighted by Crippen LogP contribution is 2.19. The van der Waals surface area contributed by atoms with E-state index in [1.54, 1.807) is 0 Å². The standard InChI is InChI=1S/C18H26N2O2/c1-14-8-11-19(13-17(14)21)12-15-4-6-16(7-5-15)18(22)20-9-2-3-10-20/h4-7,14,17,21H,2-3,8-13H2,1H3. The summed E-state index contributed by atoms with van der Waals surface area (Å²) in [6.45, 7) is 6.53. The van der Waals surface area contributed by atoms with Gasteiger partial charge in [0.25, 0.3) is 5.91 Å². The van der Waals surface area contributed by atoms with Gasteiger partial charge in [-0.3, -0.25) is 9.69 Å². The lowest BCUT2D eigenvalue weighted by atomic mass is 9.95. The Labute approximate surface area is 132 Å². The van der Waals surface area contributed by atoms with Crippen molar-refractivity contribution in [2.45, 2.75) is 38.8 Å². The molecule has 0 radical (unpaired) electrons. The van der Waals surface area contributed by atoms with Crippen molar-refractivity contribution in [2.24, 2.45) is 5.92 Å². The average Bonchev–Trinajstić information content (AvgIpc) is 3.05. The number of β-amino-alcohol motifs (C(OH)–C–C–N with tert-alkyl or cyclic N) is 1. The summed E-state index contributed by atoms with van der Waals surface area (Å²) in [5, 5.41) is 9.97.